The monoisotopic (exact) mass is 479 g/mol. The van der Waals surface area contributed by atoms with Gasteiger partial charge in [0, 0.05) is 16.8 Å². The predicted molar refractivity (Wildman–Crippen MR) is 99.1 cm³/mol. The van der Waals surface area contributed by atoms with Crippen molar-refractivity contribution in [3.05, 3.63) is 71.3 Å². The van der Waals surface area contributed by atoms with Gasteiger partial charge in [-0.2, -0.15) is 0 Å². The molecule has 9 nitrogen and oxygen atoms in total. The maximum Gasteiger partial charge on any atom is 1.00 e. The van der Waals surface area contributed by atoms with Gasteiger partial charge in [0.2, 0.25) is 4.75 Å². The number of ketones is 2. The van der Waals surface area contributed by atoms with Crippen LogP contribution in [0, 0.1) is 0 Å². The molecular formula is C18H11NNa2O8S2. The smallest absolute Gasteiger partial charge is 0.747 e. The number of hydrogen-bond acceptors (Lipinski definition) is 9. The van der Waals surface area contributed by atoms with Crippen molar-refractivity contribution in [1.29, 1.82) is 0 Å². The average molecular weight is 479 g/mol. The van der Waals surface area contributed by atoms with Gasteiger partial charge in [0.1, 0.15) is 20.2 Å². The molecule has 2 aromatic carbocycles. The maximum atomic E-state index is 13.2. The topological polar surface area (TPSA) is 161 Å². The standard InChI is InChI=1S/C18H13NO8S2.2Na/c20-15-12-6-2-3-7-13(12)16(21)18(15,29(25,26)27)17(28(22,23)24)10-9-11-5-1-4-8-14(11)19-17;;/h1-10,19H,(H,22,23,24)(H,25,26,27);;/q;2*+1/p-2. The van der Waals surface area contributed by atoms with Gasteiger partial charge >= 0.3 is 59.1 Å². The molecule has 0 bridgehead atoms. The molecule has 2 aliphatic rings. The summed E-state index contributed by atoms with van der Waals surface area (Å²) in [6.07, 6.45) is 1.67. The van der Waals surface area contributed by atoms with Crippen molar-refractivity contribution in [2.24, 2.45) is 0 Å². The molecule has 13 heteroatoms. The number of benzene rings is 2. The molecule has 0 saturated heterocycles. The third-order valence-electron chi connectivity index (χ3n) is 5.13. The quantitative estimate of drug-likeness (QED) is 0.258. The zero-order valence-corrected chi connectivity index (χ0v) is 22.0. The normalized spacial score (nSPS) is 21.2. The van der Waals surface area contributed by atoms with E-state index in [0.29, 0.717) is 11.6 Å². The van der Waals surface area contributed by atoms with E-state index in [9.17, 15) is 35.5 Å². The largest absolute Gasteiger partial charge is 1.00 e. The second kappa shape index (κ2) is 8.49. The summed E-state index contributed by atoms with van der Waals surface area (Å²) in [5.41, 5.74) is -0.572. The van der Waals surface area contributed by atoms with Gasteiger partial charge in [-0.3, -0.25) is 9.59 Å². The summed E-state index contributed by atoms with van der Waals surface area (Å²) in [5, 5.41) is 2.23. The van der Waals surface area contributed by atoms with Crippen LogP contribution in [-0.2, 0) is 20.2 Å². The second-order valence-electron chi connectivity index (χ2n) is 6.57. The van der Waals surface area contributed by atoms with Gasteiger partial charge in [0.15, 0.2) is 16.4 Å². The molecule has 0 fully saturated rings. The van der Waals surface area contributed by atoms with Crippen LogP contribution in [0.4, 0.5) is 5.69 Å². The Kier molecular flexibility index (Phi) is 7.23. The van der Waals surface area contributed by atoms with Crippen LogP contribution >= 0.6 is 0 Å². The Morgan fingerprint density at radius 2 is 1.23 bits per heavy atom. The van der Waals surface area contributed by atoms with Crippen molar-refractivity contribution in [3.8, 4) is 0 Å². The van der Waals surface area contributed by atoms with Crippen LogP contribution < -0.4 is 64.4 Å². The molecule has 1 heterocycles. The van der Waals surface area contributed by atoms with E-state index in [1.807, 2.05) is 0 Å². The van der Waals surface area contributed by atoms with E-state index >= 15 is 0 Å². The van der Waals surface area contributed by atoms with Crippen LogP contribution in [0.25, 0.3) is 6.08 Å². The van der Waals surface area contributed by atoms with Gasteiger partial charge in [-0.1, -0.05) is 48.5 Å². The fourth-order valence-corrected chi connectivity index (χ4v) is 6.63. The number of nitrogens with one attached hydrogen (secondary N) is 1. The molecule has 1 aliphatic heterocycles. The maximum absolute atomic E-state index is 13.2. The van der Waals surface area contributed by atoms with Crippen molar-refractivity contribution in [2.75, 3.05) is 5.32 Å². The molecule has 150 valence electrons. The minimum absolute atomic E-state index is 0. The number of hydrogen-bond donors (Lipinski definition) is 1. The number of carbonyl (C=O) groups is 2. The summed E-state index contributed by atoms with van der Waals surface area (Å²) in [7, 11) is -11.8. The molecule has 1 atom stereocenters. The number of Topliss-reactive ketones (excluding diaryl/α,β-unsaturated/α-hetero) is 2. The molecule has 0 aromatic heterocycles. The van der Waals surface area contributed by atoms with E-state index in [4.69, 9.17) is 0 Å². The number of para-hydroxylation sites is 1. The first-order valence-corrected chi connectivity index (χ1v) is 10.9. The van der Waals surface area contributed by atoms with E-state index in [1.54, 1.807) is 6.07 Å². The van der Waals surface area contributed by atoms with Crippen LogP contribution in [0.2, 0.25) is 0 Å². The molecule has 2 aromatic rings. The van der Waals surface area contributed by atoms with Gasteiger partial charge in [-0.15, -0.1) is 0 Å². The van der Waals surface area contributed by atoms with Crippen molar-refractivity contribution in [1.82, 2.24) is 0 Å². The van der Waals surface area contributed by atoms with Crippen LogP contribution in [0.15, 0.2) is 54.6 Å². The van der Waals surface area contributed by atoms with E-state index in [-0.39, 0.29) is 64.8 Å². The molecule has 0 radical (unpaired) electrons. The molecular weight excluding hydrogens is 468 g/mol. The molecule has 4 rings (SSSR count). The molecule has 1 N–H and O–H groups in total. The van der Waals surface area contributed by atoms with Gasteiger partial charge in [0.05, 0.1) is 0 Å². The second-order valence-corrected chi connectivity index (χ2v) is 9.65. The summed E-state index contributed by atoms with van der Waals surface area (Å²) in [6, 6.07) is 10.7. The Morgan fingerprint density at radius 3 is 1.71 bits per heavy atom. The van der Waals surface area contributed by atoms with E-state index < -0.39 is 52.5 Å². The number of carbonyl (C=O) groups excluding carboxylic acids is 2. The number of rotatable bonds is 3. The summed E-state index contributed by atoms with van der Waals surface area (Å²) in [4.78, 5) is 23.0. The summed E-state index contributed by atoms with van der Waals surface area (Å²) < 4.78 is 70.8. The Bertz CT molecular complexity index is 1300. The van der Waals surface area contributed by atoms with Crippen molar-refractivity contribution in [3.63, 3.8) is 0 Å². The summed E-state index contributed by atoms with van der Waals surface area (Å²) in [6.45, 7) is 0. The SMILES string of the molecule is O=C1c2ccccc2C(=O)C1(C1(S(=O)(=O)[O-])C=Cc2ccccc2N1)S(=O)(=O)[O-].[Na+].[Na+]. The molecule has 1 aliphatic carbocycles. The predicted octanol–water partition coefficient (Wildman–Crippen LogP) is -5.26. The Labute approximate surface area is 222 Å². The van der Waals surface area contributed by atoms with E-state index in [1.165, 1.54) is 30.3 Å². The molecule has 0 amide bonds. The van der Waals surface area contributed by atoms with Crippen molar-refractivity contribution < 1.29 is 94.6 Å². The van der Waals surface area contributed by atoms with Gasteiger partial charge in [-0.25, -0.2) is 16.8 Å². The van der Waals surface area contributed by atoms with Crippen LogP contribution in [0.1, 0.15) is 26.3 Å². The first kappa shape index (κ1) is 26.4. The van der Waals surface area contributed by atoms with Crippen LogP contribution in [0.3, 0.4) is 0 Å². The minimum Gasteiger partial charge on any atom is -0.747 e. The Balaban J connectivity index is 0.00000171. The summed E-state index contributed by atoms with van der Waals surface area (Å²) in [5.74, 6) is -3.13. The van der Waals surface area contributed by atoms with Gasteiger partial charge < -0.3 is 14.4 Å². The number of anilines is 1. The third-order valence-corrected chi connectivity index (χ3v) is 8.03. The number of fused-ring (bicyclic) bond motifs is 2. The van der Waals surface area contributed by atoms with Gasteiger partial charge in [0.25, 0.3) is 0 Å². The fourth-order valence-electron chi connectivity index (χ4n) is 3.84. The van der Waals surface area contributed by atoms with Crippen molar-refractivity contribution in [2.45, 2.75) is 9.62 Å². The third kappa shape index (κ3) is 3.43. The van der Waals surface area contributed by atoms with E-state index in [2.05, 4.69) is 5.32 Å². The molecule has 0 spiro atoms. The average Bonchev–Trinajstić information content (AvgIpc) is 2.89. The van der Waals surface area contributed by atoms with E-state index in [0.717, 1.165) is 18.2 Å². The zero-order chi connectivity index (χ0) is 21.2. The molecule has 0 saturated carbocycles. The first-order chi connectivity index (χ1) is 13.5. The summed E-state index contributed by atoms with van der Waals surface area (Å²) >= 11 is 0. The van der Waals surface area contributed by atoms with Gasteiger partial charge in [-0.05, 0) is 17.7 Å². The zero-order valence-electron chi connectivity index (χ0n) is 16.4. The van der Waals surface area contributed by atoms with Crippen molar-refractivity contribution >= 4 is 43.6 Å². The molecule has 1 unspecified atom stereocenters. The molecule has 31 heavy (non-hydrogen) atoms. The Hall–Kier alpha value is -0.860. The first-order valence-electron chi connectivity index (χ1n) is 8.13. The van der Waals surface area contributed by atoms with Crippen LogP contribution in [-0.4, -0.2) is 47.1 Å². The fraction of sp³-hybridized carbons (Fsp3) is 0.111. The van der Waals surface area contributed by atoms with Crippen LogP contribution in [0.5, 0.6) is 0 Å². The Morgan fingerprint density at radius 1 is 0.742 bits per heavy atom. The minimum atomic E-state index is -6.02.